The molecule has 0 bridgehead atoms. The van der Waals surface area contributed by atoms with Crippen molar-refractivity contribution in [2.45, 2.75) is 19.9 Å². The highest BCUT2D eigenvalue weighted by atomic mass is 16.4. The highest BCUT2D eigenvalue weighted by Gasteiger charge is 2.38. The van der Waals surface area contributed by atoms with E-state index in [4.69, 9.17) is 4.42 Å². The number of carbonyl (C=O) groups is 5. The van der Waals surface area contributed by atoms with Crippen molar-refractivity contribution in [1.29, 1.82) is 0 Å². The Morgan fingerprint density at radius 3 is 2.44 bits per heavy atom. The van der Waals surface area contributed by atoms with Crippen LogP contribution < -0.4 is 20.4 Å². The number of rotatable bonds is 7. The molecule has 3 aromatic carbocycles. The van der Waals surface area contributed by atoms with E-state index in [2.05, 4.69) is 10.6 Å². The number of nitrogens with zero attached hydrogens (tertiary/aromatic N) is 2. The number of ketones is 1. The van der Waals surface area contributed by atoms with E-state index in [1.807, 2.05) is 13.0 Å². The van der Waals surface area contributed by atoms with Gasteiger partial charge >= 0.3 is 12.0 Å². The second-order valence-electron chi connectivity index (χ2n) is 10.1. The van der Waals surface area contributed by atoms with Crippen LogP contribution in [0.2, 0.25) is 0 Å². The van der Waals surface area contributed by atoms with Crippen molar-refractivity contribution in [3.63, 3.8) is 0 Å². The van der Waals surface area contributed by atoms with Crippen LogP contribution in [0.3, 0.4) is 0 Å². The fourth-order valence-corrected chi connectivity index (χ4v) is 4.91. The van der Waals surface area contributed by atoms with Gasteiger partial charge in [-0.1, -0.05) is 36.4 Å². The molecule has 1 unspecified atom stereocenters. The molecule has 1 atom stereocenters. The van der Waals surface area contributed by atoms with Gasteiger partial charge in [-0.3, -0.25) is 14.4 Å². The summed E-state index contributed by atoms with van der Waals surface area (Å²) in [6.07, 6.45) is 1.36. The number of amides is 4. The van der Waals surface area contributed by atoms with E-state index in [1.54, 1.807) is 49.4 Å². The van der Waals surface area contributed by atoms with Gasteiger partial charge in [0, 0.05) is 11.3 Å². The Morgan fingerprint density at radius 2 is 1.72 bits per heavy atom. The second kappa shape index (κ2) is 12.0. The van der Waals surface area contributed by atoms with Crippen molar-refractivity contribution < 1.29 is 33.5 Å². The Kier molecular flexibility index (Phi) is 8.06. The number of aromatic carboxylic acids is 1. The Hall–Kier alpha value is -5.71. The minimum Gasteiger partial charge on any atom is -0.478 e. The summed E-state index contributed by atoms with van der Waals surface area (Å²) in [6.45, 7) is 3.01. The highest BCUT2D eigenvalue weighted by Crippen LogP contribution is 2.35. The van der Waals surface area contributed by atoms with Gasteiger partial charge in [-0.25, -0.2) is 9.59 Å². The highest BCUT2D eigenvalue weighted by molar-refractivity contribution is 6.14. The monoisotopic (exact) mass is 580 g/mol. The van der Waals surface area contributed by atoms with Gasteiger partial charge in [-0.15, -0.1) is 0 Å². The van der Waals surface area contributed by atoms with Crippen LogP contribution in [0.5, 0.6) is 0 Å². The van der Waals surface area contributed by atoms with E-state index < -0.39 is 29.9 Å². The maximum Gasteiger partial charge on any atom is 0.335 e. The van der Waals surface area contributed by atoms with Crippen molar-refractivity contribution >= 4 is 46.7 Å². The van der Waals surface area contributed by atoms with Gasteiger partial charge in [0.2, 0.25) is 0 Å². The number of hydrogen-bond acceptors (Lipinski definition) is 6. The van der Waals surface area contributed by atoms with Gasteiger partial charge in [0.1, 0.15) is 6.04 Å². The first-order valence-corrected chi connectivity index (χ1v) is 13.4. The summed E-state index contributed by atoms with van der Waals surface area (Å²) in [6, 6.07) is 18.8. The number of urea groups is 1. The number of carboxylic acid groups (broad SMARTS) is 1. The topological polar surface area (TPSA) is 149 Å². The summed E-state index contributed by atoms with van der Waals surface area (Å²) in [5.41, 5.74) is 2.80. The van der Waals surface area contributed by atoms with Crippen LogP contribution in [0.25, 0.3) is 0 Å². The molecule has 0 spiro atoms. The zero-order valence-corrected chi connectivity index (χ0v) is 23.4. The normalized spacial score (nSPS) is 14.5. The fraction of sp³-hybridized carbons (Fsp3) is 0.156. The van der Waals surface area contributed by atoms with Crippen LogP contribution in [-0.2, 0) is 4.79 Å². The first kappa shape index (κ1) is 28.8. The number of fused-ring (bicyclic) bond motifs is 1. The van der Waals surface area contributed by atoms with Crippen LogP contribution in [0.15, 0.2) is 89.5 Å². The molecule has 5 rings (SSSR count). The Morgan fingerprint density at radius 1 is 0.930 bits per heavy atom. The Labute approximate surface area is 246 Å². The average molecular weight is 581 g/mol. The maximum absolute atomic E-state index is 14.1. The molecular formula is C32H28N4O7. The molecule has 1 aromatic heterocycles. The van der Waals surface area contributed by atoms with E-state index in [-0.39, 0.29) is 35.9 Å². The van der Waals surface area contributed by atoms with Crippen molar-refractivity contribution in [3.05, 3.63) is 113 Å². The van der Waals surface area contributed by atoms with Crippen LogP contribution in [0, 0.1) is 13.8 Å². The van der Waals surface area contributed by atoms with Crippen LogP contribution in [0.1, 0.15) is 42.4 Å². The number of furan rings is 1. The number of carboxylic acids is 1. The molecule has 218 valence electrons. The van der Waals surface area contributed by atoms with Gasteiger partial charge in [-0.05, 0) is 67.4 Å². The lowest BCUT2D eigenvalue weighted by molar-refractivity contribution is -0.119. The van der Waals surface area contributed by atoms with E-state index in [9.17, 15) is 29.1 Å². The van der Waals surface area contributed by atoms with Gasteiger partial charge in [0.25, 0.3) is 11.8 Å². The van der Waals surface area contributed by atoms with E-state index in [1.165, 1.54) is 46.4 Å². The zero-order valence-electron chi connectivity index (χ0n) is 23.4. The summed E-state index contributed by atoms with van der Waals surface area (Å²) >= 11 is 0. The quantitative estimate of drug-likeness (QED) is 0.269. The maximum atomic E-state index is 14.1. The Balaban J connectivity index is 1.53. The molecule has 0 saturated carbocycles. The van der Waals surface area contributed by atoms with Gasteiger partial charge in [-0.2, -0.15) is 0 Å². The minimum atomic E-state index is -1.29. The van der Waals surface area contributed by atoms with E-state index in [0.717, 1.165) is 11.1 Å². The van der Waals surface area contributed by atoms with Gasteiger partial charge in [0.15, 0.2) is 11.5 Å². The van der Waals surface area contributed by atoms with E-state index >= 15 is 0 Å². The lowest BCUT2D eigenvalue weighted by Gasteiger charge is -2.25. The smallest absolute Gasteiger partial charge is 0.335 e. The molecule has 1 aliphatic rings. The van der Waals surface area contributed by atoms with E-state index in [0.29, 0.717) is 16.9 Å². The molecule has 0 saturated heterocycles. The molecular weight excluding hydrogens is 552 g/mol. The third kappa shape index (κ3) is 6.15. The number of anilines is 3. The molecule has 2 heterocycles. The second-order valence-corrected chi connectivity index (χ2v) is 10.1. The fourth-order valence-electron chi connectivity index (χ4n) is 4.91. The number of benzene rings is 3. The first-order valence-electron chi connectivity index (χ1n) is 13.4. The molecule has 4 amide bonds. The largest absolute Gasteiger partial charge is 0.478 e. The summed E-state index contributed by atoms with van der Waals surface area (Å²) in [4.78, 5) is 68.4. The average Bonchev–Trinajstić information content (AvgIpc) is 3.50. The van der Waals surface area contributed by atoms with Crippen molar-refractivity contribution in [2.24, 2.45) is 0 Å². The van der Waals surface area contributed by atoms with Crippen LogP contribution in [-0.4, -0.2) is 53.8 Å². The minimum absolute atomic E-state index is 0.0251. The van der Waals surface area contributed by atoms with Gasteiger partial charge in [0.05, 0.1) is 36.3 Å². The number of hydrogen-bond donors (Lipinski definition) is 3. The van der Waals surface area contributed by atoms with Crippen molar-refractivity contribution in [2.75, 3.05) is 28.2 Å². The van der Waals surface area contributed by atoms with Crippen molar-refractivity contribution in [3.8, 4) is 0 Å². The summed E-state index contributed by atoms with van der Waals surface area (Å²) in [5.74, 6) is -2.62. The van der Waals surface area contributed by atoms with Gasteiger partial charge < -0.3 is 30.0 Å². The molecule has 11 heteroatoms. The molecule has 0 fully saturated rings. The summed E-state index contributed by atoms with van der Waals surface area (Å²) < 4.78 is 5.35. The number of Topliss-reactive ketones (excluding diaryl/α,β-unsaturated/α-hetero) is 1. The van der Waals surface area contributed by atoms with Crippen LogP contribution >= 0.6 is 0 Å². The van der Waals surface area contributed by atoms with Crippen LogP contribution in [0.4, 0.5) is 21.9 Å². The third-order valence-electron chi connectivity index (χ3n) is 7.04. The molecule has 11 nitrogen and oxygen atoms in total. The molecule has 4 aromatic rings. The lowest BCUT2D eigenvalue weighted by Crippen LogP contribution is -2.54. The molecule has 3 N–H and O–H groups in total. The third-order valence-corrected chi connectivity index (χ3v) is 7.04. The zero-order chi connectivity index (χ0) is 30.7. The molecule has 0 radical (unpaired) electrons. The molecule has 43 heavy (non-hydrogen) atoms. The first-order chi connectivity index (χ1) is 20.6. The predicted molar refractivity (Wildman–Crippen MR) is 159 cm³/mol. The lowest BCUT2D eigenvalue weighted by atomic mass is 10.0. The molecule has 1 aliphatic heterocycles. The summed E-state index contributed by atoms with van der Waals surface area (Å²) in [7, 11) is 0. The predicted octanol–water partition coefficient (Wildman–Crippen LogP) is 4.66. The number of nitrogens with one attached hydrogen (secondary N) is 2. The standard InChI is InChI=1S/C32H28N4O7/c1-19-12-13-25-26(15-19)36(18-27(37)23-10-4-3-7-20(23)2)29(38)24(17-35(25)30(39)28-11-6-14-43-28)34-32(42)33-22-9-5-8-21(16-22)31(40)41/h3-16,24H,17-18H2,1-2H3,(H,40,41)(H2,33,34,42). The molecule has 0 aliphatic carbocycles. The number of carbonyl (C=O) groups excluding carboxylic acids is 4. The summed E-state index contributed by atoms with van der Waals surface area (Å²) in [5, 5.41) is 14.4. The SMILES string of the molecule is Cc1ccc2c(c1)N(CC(=O)c1ccccc1C)C(=O)C(NC(=O)Nc1cccc(C(=O)O)c1)CN2C(=O)c1ccco1. The number of aryl methyl sites for hydroxylation is 2. The van der Waals surface area contributed by atoms with Crippen molar-refractivity contribution in [1.82, 2.24) is 5.32 Å². The Bertz CT molecular complexity index is 1730.